The fourth-order valence-electron chi connectivity index (χ4n) is 2.29. The van der Waals surface area contributed by atoms with Crippen molar-refractivity contribution < 1.29 is 19.0 Å². The molecule has 0 aromatic heterocycles. The lowest BCUT2D eigenvalue weighted by Crippen LogP contribution is -2.33. The summed E-state index contributed by atoms with van der Waals surface area (Å²) in [6.07, 6.45) is 1.63. The highest BCUT2D eigenvalue weighted by atomic mass is 79.9. The van der Waals surface area contributed by atoms with Crippen molar-refractivity contribution in [3.63, 3.8) is 0 Å². The first-order valence-electron chi connectivity index (χ1n) is 8.98. The van der Waals surface area contributed by atoms with Crippen molar-refractivity contribution >= 4 is 28.1 Å². The van der Waals surface area contributed by atoms with Crippen molar-refractivity contribution in [1.82, 2.24) is 5.43 Å². The van der Waals surface area contributed by atoms with Crippen LogP contribution in [0.1, 0.15) is 31.4 Å². The summed E-state index contributed by atoms with van der Waals surface area (Å²) in [7, 11) is 1.56. The third-order valence-corrected chi connectivity index (χ3v) is 4.35. The fraction of sp³-hybridized carbons (Fsp3) is 0.286. The normalized spacial score (nSPS) is 11.6. The molecule has 0 fully saturated rings. The van der Waals surface area contributed by atoms with Gasteiger partial charge in [-0.15, -0.1) is 0 Å². The molecule has 1 atom stereocenters. The van der Waals surface area contributed by atoms with Crippen LogP contribution in [-0.4, -0.2) is 31.9 Å². The molecule has 152 valence electrons. The van der Waals surface area contributed by atoms with Gasteiger partial charge in [0.1, 0.15) is 5.75 Å². The Kier molecular flexibility index (Phi) is 8.49. The summed E-state index contributed by atoms with van der Waals surface area (Å²) in [5.41, 5.74) is 3.69. The van der Waals surface area contributed by atoms with Crippen LogP contribution in [-0.2, 0) is 4.79 Å². The molecule has 0 bridgehead atoms. The zero-order chi connectivity index (χ0) is 21.2. The number of ether oxygens (including phenoxy) is 3. The molecule has 7 nitrogen and oxygen atoms in total. The topological polar surface area (TPSA) is 92.9 Å². The third kappa shape index (κ3) is 6.50. The number of hydrogen-bond acceptors (Lipinski definition) is 6. The maximum absolute atomic E-state index is 12.2. The number of methoxy groups -OCH3 is 1. The van der Waals surface area contributed by atoms with Gasteiger partial charge in [0.2, 0.25) is 0 Å². The van der Waals surface area contributed by atoms with Crippen LogP contribution in [0.2, 0.25) is 0 Å². The number of halogens is 1. The lowest BCUT2D eigenvalue weighted by atomic mass is 10.2. The van der Waals surface area contributed by atoms with Gasteiger partial charge in [0.05, 0.1) is 36.0 Å². The summed E-state index contributed by atoms with van der Waals surface area (Å²) in [6.45, 7) is 4.22. The van der Waals surface area contributed by atoms with Crippen molar-refractivity contribution in [1.29, 1.82) is 5.26 Å². The van der Waals surface area contributed by atoms with Crippen molar-refractivity contribution in [2.75, 3.05) is 13.7 Å². The molecule has 2 aromatic carbocycles. The van der Waals surface area contributed by atoms with Gasteiger partial charge in [0, 0.05) is 0 Å². The van der Waals surface area contributed by atoms with Gasteiger partial charge in [0.15, 0.2) is 17.6 Å². The molecule has 2 rings (SSSR count). The van der Waals surface area contributed by atoms with Crippen molar-refractivity contribution in [3.05, 3.63) is 52.0 Å². The Hall–Kier alpha value is -3.05. The van der Waals surface area contributed by atoms with Crippen molar-refractivity contribution in [2.45, 2.75) is 26.4 Å². The van der Waals surface area contributed by atoms with Gasteiger partial charge in [-0.25, -0.2) is 5.43 Å². The molecule has 0 spiro atoms. The van der Waals surface area contributed by atoms with Gasteiger partial charge in [-0.3, -0.25) is 4.79 Å². The fourth-order valence-corrected chi connectivity index (χ4v) is 2.86. The molecule has 2 aromatic rings. The van der Waals surface area contributed by atoms with E-state index in [9.17, 15) is 4.79 Å². The van der Waals surface area contributed by atoms with E-state index in [1.54, 1.807) is 44.4 Å². The van der Waals surface area contributed by atoms with Gasteiger partial charge in [-0.2, -0.15) is 10.4 Å². The first kappa shape index (κ1) is 22.2. The van der Waals surface area contributed by atoms with Gasteiger partial charge in [-0.05, 0) is 71.2 Å². The summed E-state index contributed by atoms with van der Waals surface area (Å²) in [5, 5.41) is 12.8. The molecule has 8 heteroatoms. The second-order valence-corrected chi connectivity index (χ2v) is 6.87. The van der Waals surface area contributed by atoms with Crippen LogP contribution in [0.25, 0.3) is 0 Å². The molecular weight excluding hydrogens is 438 g/mol. The molecule has 29 heavy (non-hydrogen) atoms. The molecule has 0 aliphatic heterocycles. The lowest BCUT2D eigenvalue weighted by Gasteiger charge is -2.13. The van der Waals surface area contributed by atoms with Crippen LogP contribution < -0.4 is 19.6 Å². The Morgan fingerprint density at radius 3 is 2.69 bits per heavy atom. The lowest BCUT2D eigenvalue weighted by molar-refractivity contribution is -0.127. The largest absolute Gasteiger partial charge is 0.493 e. The molecule has 0 aliphatic rings. The van der Waals surface area contributed by atoms with Crippen LogP contribution >= 0.6 is 15.9 Å². The molecule has 0 radical (unpaired) electrons. The predicted molar refractivity (Wildman–Crippen MR) is 113 cm³/mol. The summed E-state index contributed by atoms with van der Waals surface area (Å²) >= 11 is 3.47. The van der Waals surface area contributed by atoms with E-state index in [1.807, 2.05) is 19.1 Å². The molecule has 0 heterocycles. The highest BCUT2D eigenvalue weighted by molar-refractivity contribution is 9.10. The number of amides is 1. The van der Waals surface area contributed by atoms with Crippen LogP contribution in [0.4, 0.5) is 0 Å². The van der Waals surface area contributed by atoms with Crippen LogP contribution in [0.3, 0.4) is 0 Å². The summed E-state index contributed by atoms with van der Waals surface area (Å²) < 4.78 is 17.3. The van der Waals surface area contributed by atoms with Crippen LogP contribution in [0.5, 0.6) is 17.2 Å². The zero-order valence-electron chi connectivity index (χ0n) is 16.4. The van der Waals surface area contributed by atoms with E-state index in [0.717, 1.165) is 16.5 Å². The van der Waals surface area contributed by atoms with Crippen LogP contribution in [0.15, 0.2) is 46.0 Å². The minimum Gasteiger partial charge on any atom is -0.493 e. The van der Waals surface area contributed by atoms with Gasteiger partial charge < -0.3 is 14.2 Å². The molecule has 1 unspecified atom stereocenters. The average Bonchev–Trinajstić information content (AvgIpc) is 2.73. The Labute approximate surface area is 178 Å². The maximum atomic E-state index is 12.2. The molecule has 0 saturated carbocycles. The Balaban J connectivity index is 1.98. The SMILES string of the molecule is CCCOc1c(Br)cc(/C=N/NC(=O)C(C)Oc2ccc(C#N)cc2)cc1OC. The second-order valence-electron chi connectivity index (χ2n) is 6.01. The van der Waals surface area contributed by atoms with Gasteiger partial charge >= 0.3 is 0 Å². The van der Waals surface area contributed by atoms with Crippen molar-refractivity contribution in [3.8, 4) is 23.3 Å². The number of carbonyl (C=O) groups excluding carboxylic acids is 1. The monoisotopic (exact) mass is 459 g/mol. The maximum Gasteiger partial charge on any atom is 0.280 e. The van der Waals surface area contributed by atoms with Crippen molar-refractivity contribution in [2.24, 2.45) is 5.10 Å². The first-order chi connectivity index (χ1) is 14.0. The number of carbonyl (C=O) groups is 1. The number of nitriles is 1. The smallest absolute Gasteiger partial charge is 0.280 e. The van der Waals surface area contributed by atoms with E-state index < -0.39 is 12.0 Å². The standard InChI is InChI=1S/C21H22BrN3O4/c1-4-9-28-20-18(22)10-16(11-19(20)27-3)13-24-25-21(26)14(2)29-17-7-5-15(12-23)6-8-17/h5-8,10-11,13-14H,4,9H2,1-3H3,(H,25,26)/b24-13+. The molecule has 0 saturated heterocycles. The van der Waals surface area contributed by atoms with Crippen LogP contribution in [0, 0.1) is 11.3 Å². The summed E-state index contributed by atoms with van der Waals surface area (Å²) in [5.74, 6) is 1.28. The van der Waals surface area contributed by atoms with Gasteiger partial charge in [-0.1, -0.05) is 6.92 Å². The molecular formula is C21H22BrN3O4. The highest BCUT2D eigenvalue weighted by Crippen LogP contribution is 2.36. The number of nitrogens with zero attached hydrogens (tertiary/aromatic N) is 2. The van der Waals surface area contributed by atoms with E-state index in [2.05, 4.69) is 26.5 Å². The third-order valence-electron chi connectivity index (χ3n) is 3.76. The second kappa shape index (κ2) is 11.1. The van der Waals surface area contributed by atoms with E-state index in [1.165, 1.54) is 6.21 Å². The minimum atomic E-state index is -0.758. The van der Waals surface area contributed by atoms with E-state index in [4.69, 9.17) is 19.5 Å². The highest BCUT2D eigenvalue weighted by Gasteiger charge is 2.14. The Bertz CT molecular complexity index is 907. The number of hydrogen-bond donors (Lipinski definition) is 1. The molecule has 1 amide bonds. The summed E-state index contributed by atoms with van der Waals surface area (Å²) in [6, 6.07) is 12.1. The van der Waals surface area contributed by atoms with E-state index >= 15 is 0 Å². The summed E-state index contributed by atoms with van der Waals surface area (Å²) in [4.78, 5) is 12.2. The number of hydrazone groups is 1. The molecule has 1 N–H and O–H groups in total. The minimum absolute atomic E-state index is 0.403. The number of benzene rings is 2. The Morgan fingerprint density at radius 1 is 1.34 bits per heavy atom. The number of rotatable bonds is 9. The average molecular weight is 460 g/mol. The number of nitrogens with one attached hydrogen (secondary N) is 1. The van der Waals surface area contributed by atoms with Gasteiger partial charge in [0.25, 0.3) is 5.91 Å². The quantitative estimate of drug-likeness (QED) is 0.451. The first-order valence-corrected chi connectivity index (χ1v) is 9.77. The Morgan fingerprint density at radius 2 is 2.07 bits per heavy atom. The predicted octanol–water partition coefficient (Wildman–Crippen LogP) is 4.04. The zero-order valence-corrected chi connectivity index (χ0v) is 18.0. The molecule has 0 aliphatic carbocycles. The van der Waals surface area contributed by atoms with E-state index in [0.29, 0.717) is 29.4 Å². The van der Waals surface area contributed by atoms with E-state index in [-0.39, 0.29) is 0 Å².